The zero-order valence-electron chi connectivity index (χ0n) is 23.8. The van der Waals surface area contributed by atoms with Crippen molar-refractivity contribution >= 4 is 17.9 Å². The molecule has 14 heteroatoms. The summed E-state index contributed by atoms with van der Waals surface area (Å²) >= 11 is 0. The maximum absolute atomic E-state index is 11.7. The number of aliphatic carboxylic acids is 3. The number of hydrogen-bond acceptors (Lipinski definition) is 11. The maximum Gasteiger partial charge on any atom is 0.336 e. The summed E-state index contributed by atoms with van der Waals surface area (Å²) in [6.07, 6.45) is 6.26. The summed E-state index contributed by atoms with van der Waals surface area (Å²) in [4.78, 5) is 41.4. The average Bonchev–Trinajstić information content (AvgIpc) is 3.50. The van der Waals surface area contributed by atoms with Gasteiger partial charge in [0.25, 0.3) is 0 Å². The highest BCUT2D eigenvalue weighted by Gasteiger charge is 2.54. The highest BCUT2D eigenvalue weighted by molar-refractivity contribution is 5.88. The number of aliphatic hydroxyl groups is 2. The van der Waals surface area contributed by atoms with Gasteiger partial charge >= 0.3 is 23.9 Å². The second kappa shape index (κ2) is 14.1. The molecule has 2 aromatic rings. The molecule has 43 heavy (non-hydrogen) atoms. The molecule has 0 bridgehead atoms. The monoisotopic (exact) mass is 601 g/mol. The molecule has 1 saturated heterocycles. The van der Waals surface area contributed by atoms with Crippen molar-refractivity contribution in [2.75, 3.05) is 33.9 Å². The predicted molar refractivity (Wildman–Crippen MR) is 148 cm³/mol. The molecule has 0 spiro atoms. The molecule has 3 atom stereocenters. The highest BCUT2D eigenvalue weighted by atomic mass is 16.5. The van der Waals surface area contributed by atoms with Crippen molar-refractivity contribution in [3.8, 4) is 30.0 Å². The zero-order valence-corrected chi connectivity index (χ0v) is 23.8. The van der Waals surface area contributed by atoms with Gasteiger partial charge in [0.15, 0.2) is 5.60 Å². The Kier molecular flexibility index (Phi) is 10.9. The molecule has 0 unspecified atom stereocenters. The second-order valence-corrected chi connectivity index (χ2v) is 10.4. The lowest BCUT2D eigenvalue weighted by Gasteiger charge is -2.31. The number of carboxylic acids is 3. The van der Waals surface area contributed by atoms with Crippen LogP contribution in [0.2, 0.25) is 0 Å². The Hall–Kier alpha value is -4.45. The number of likely N-dealkylation sites (tertiary alicyclic amines) is 1. The smallest absolute Gasteiger partial charge is 0.336 e. The van der Waals surface area contributed by atoms with Crippen molar-refractivity contribution in [2.45, 2.75) is 43.4 Å². The predicted octanol–water partition coefficient (Wildman–Crippen LogP) is 0.987. The largest absolute Gasteiger partial charge is 0.481 e. The van der Waals surface area contributed by atoms with Crippen LogP contribution in [0.1, 0.15) is 36.8 Å². The van der Waals surface area contributed by atoms with Crippen LogP contribution in [0.25, 0.3) is 0 Å². The Morgan fingerprint density at radius 1 is 1.14 bits per heavy atom. The van der Waals surface area contributed by atoms with Gasteiger partial charge in [-0.2, -0.15) is 4.98 Å². The van der Waals surface area contributed by atoms with E-state index in [-0.39, 0.29) is 18.5 Å². The number of ether oxygens (including phenoxy) is 3. The molecule has 1 saturated carbocycles. The van der Waals surface area contributed by atoms with Crippen molar-refractivity contribution < 1.29 is 54.1 Å². The quantitative estimate of drug-likeness (QED) is 0.215. The summed E-state index contributed by atoms with van der Waals surface area (Å²) in [5.74, 6) is -0.855. The van der Waals surface area contributed by atoms with Crippen molar-refractivity contribution in [1.29, 1.82) is 0 Å². The van der Waals surface area contributed by atoms with Crippen molar-refractivity contribution in [2.24, 2.45) is 11.8 Å². The molecule has 2 heterocycles. The van der Waals surface area contributed by atoms with E-state index >= 15 is 0 Å². The Bertz CT molecular complexity index is 1350. The van der Waals surface area contributed by atoms with E-state index in [1.54, 1.807) is 13.3 Å². The standard InChI is InChI=1S/C23H27N3O4.C6H8O7/c1-4-10-30-18-7-5-6-16(11-18)13-26-14-17-8-9-23(27,20(17)15-26)19-12-24-22(29-3)25-21(19)28-2;7-3(8)1-6(13,5(11)12)2-4(9)10/h1,5-7,11-12,17,20,27H,8-10,13-15H2,2-3H3;13H,1-2H2,(H,7,8)(H,9,10)(H,11,12)/t17-,20+,23+;/m0./s1. The molecule has 14 nitrogen and oxygen atoms in total. The summed E-state index contributed by atoms with van der Waals surface area (Å²) in [6.45, 7) is 2.80. The maximum atomic E-state index is 11.7. The fourth-order valence-electron chi connectivity index (χ4n) is 5.58. The molecule has 4 rings (SSSR count). The van der Waals surface area contributed by atoms with E-state index in [9.17, 15) is 19.5 Å². The van der Waals surface area contributed by atoms with Crippen molar-refractivity contribution in [3.05, 3.63) is 41.6 Å². The van der Waals surface area contributed by atoms with Gasteiger partial charge < -0.3 is 39.7 Å². The van der Waals surface area contributed by atoms with E-state index in [0.717, 1.165) is 31.8 Å². The first-order valence-corrected chi connectivity index (χ1v) is 13.3. The fraction of sp³-hybridized carbons (Fsp3) is 0.483. The lowest BCUT2D eigenvalue weighted by atomic mass is 9.83. The van der Waals surface area contributed by atoms with Gasteiger partial charge in [-0.25, -0.2) is 9.78 Å². The van der Waals surface area contributed by atoms with Crippen LogP contribution in [0.4, 0.5) is 0 Å². The number of nitrogens with zero attached hydrogens (tertiary/aromatic N) is 3. The minimum absolute atomic E-state index is 0.101. The Labute approximate surface area is 247 Å². The van der Waals surface area contributed by atoms with Crippen LogP contribution >= 0.6 is 0 Å². The summed E-state index contributed by atoms with van der Waals surface area (Å²) in [5.41, 5.74) is -1.94. The minimum atomic E-state index is -2.74. The first-order valence-electron chi connectivity index (χ1n) is 13.3. The molecule has 1 aromatic heterocycles. The molecular weight excluding hydrogens is 566 g/mol. The second-order valence-electron chi connectivity index (χ2n) is 10.4. The van der Waals surface area contributed by atoms with Crippen LogP contribution in [0.5, 0.6) is 17.6 Å². The Morgan fingerprint density at radius 3 is 2.42 bits per heavy atom. The lowest BCUT2D eigenvalue weighted by molar-refractivity contribution is -0.170. The first kappa shape index (κ1) is 33.1. The van der Waals surface area contributed by atoms with E-state index in [1.165, 1.54) is 12.7 Å². The number of aromatic nitrogens is 2. The molecule has 232 valence electrons. The average molecular weight is 602 g/mol. The topological polar surface area (TPSA) is 209 Å². The van der Waals surface area contributed by atoms with Crippen LogP contribution in [0.15, 0.2) is 30.5 Å². The fourth-order valence-corrected chi connectivity index (χ4v) is 5.58. The molecule has 0 radical (unpaired) electrons. The third-order valence-electron chi connectivity index (χ3n) is 7.51. The van der Waals surface area contributed by atoms with Gasteiger partial charge in [-0.3, -0.25) is 14.5 Å². The first-order chi connectivity index (χ1) is 20.3. The summed E-state index contributed by atoms with van der Waals surface area (Å²) in [6, 6.07) is 8.23. The molecule has 1 aliphatic heterocycles. The molecule has 1 aliphatic carbocycles. The van der Waals surface area contributed by atoms with Crippen molar-refractivity contribution in [1.82, 2.24) is 14.9 Å². The van der Waals surface area contributed by atoms with Crippen LogP contribution in [0, 0.1) is 24.2 Å². The summed E-state index contributed by atoms with van der Waals surface area (Å²) < 4.78 is 16.1. The van der Waals surface area contributed by atoms with Gasteiger partial charge in [-0.05, 0) is 36.5 Å². The Morgan fingerprint density at radius 2 is 1.84 bits per heavy atom. The van der Waals surface area contributed by atoms with Gasteiger partial charge in [0.2, 0.25) is 5.88 Å². The van der Waals surface area contributed by atoms with Gasteiger partial charge in [0.1, 0.15) is 18.0 Å². The summed E-state index contributed by atoms with van der Waals surface area (Å²) in [7, 11) is 3.06. The SMILES string of the molecule is C#CCOc1cccc(CN2C[C@@H]3CC[C@@](O)(c4cnc(OC)nc4OC)[C@@H]3C2)c1.O=C(O)CC(O)(CC(=O)O)C(=O)O. The number of fused-ring (bicyclic) bond motifs is 1. The molecule has 2 aliphatic rings. The molecule has 0 amide bonds. The number of terminal acetylenes is 1. The van der Waals surface area contributed by atoms with Crippen LogP contribution in [-0.4, -0.2) is 97.8 Å². The number of carboxylic acid groups (broad SMARTS) is 3. The number of methoxy groups -OCH3 is 2. The molecular formula is C29H35N3O11. The third-order valence-corrected chi connectivity index (χ3v) is 7.51. The molecule has 2 fully saturated rings. The number of benzene rings is 1. The minimum Gasteiger partial charge on any atom is -0.481 e. The lowest BCUT2D eigenvalue weighted by Crippen LogP contribution is -2.42. The van der Waals surface area contributed by atoms with E-state index in [4.69, 9.17) is 41.1 Å². The number of carbonyl (C=O) groups is 3. The van der Waals surface area contributed by atoms with Crippen LogP contribution in [-0.2, 0) is 26.5 Å². The van der Waals surface area contributed by atoms with Gasteiger partial charge in [-0.15, -0.1) is 6.42 Å². The van der Waals surface area contributed by atoms with E-state index in [2.05, 4.69) is 26.9 Å². The normalized spacial score (nSPS) is 21.1. The van der Waals surface area contributed by atoms with Gasteiger partial charge in [0.05, 0.1) is 32.6 Å². The van der Waals surface area contributed by atoms with E-state index in [1.807, 2.05) is 18.2 Å². The molecule has 1 aromatic carbocycles. The van der Waals surface area contributed by atoms with Crippen molar-refractivity contribution in [3.63, 3.8) is 0 Å². The number of rotatable bonds is 12. The zero-order chi connectivity index (χ0) is 31.8. The molecule has 5 N–H and O–H groups in total. The highest BCUT2D eigenvalue weighted by Crippen LogP contribution is 2.52. The summed E-state index contributed by atoms with van der Waals surface area (Å²) in [5, 5.41) is 45.5. The van der Waals surface area contributed by atoms with Crippen LogP contribution < -0.4 is 14.2 Å². The number of hydrogen-bond donors (Lipinski definition) is 5. The van der Waals surface area contributed by atoms with E-state index < -0.39 is 42.0 Å². The third kappa shape index (κ3) is 8.10. The Balaban J connectivity index is 0.000000331. The van der Waals surface area contributed by atoms with Gasteiger partial charge in [-0.1, -0.05) is 18.1 Å². The van der Waals surface area contributed by atoms with Crippen LogP contribution in [0.3, 0.4) is 0 Å². The van der Waals surface area contributed by atoms with E-state index in [0.29, 0.717) is 23.8 Å². The van der Waals surface area contributed by atoms with Gasteiger partial charge in [0, 0.05) is 31.7 Å².